The number of nitrogens with one attached hydrogen (secondary N) is 1. The zero-order chi connectivity index (χ0) is 12.8. The maximum Gasteiger partial charge on any atom is 0.333 e. The van der Waals surface area contributed by atoms with Gasteiger partial charge < -0.3 is 10.4 Å². The third-order valence-electron chi connectivity index (χ3n) is 2.01. The van der Waals surface area contributed by atoms with Gasteiger partial charge in [-0.15, -0.1) is 0 Å². The normalized spacial score (nSPS) is 11.1. The lowest BCUT2D eigenvalue weighted by molar-refractivity contribution is -0.132. The number of hydrogen-bond donors (Lipinski definition) is 2. The van der Waals surface area contributed by atoms with Gasteiger partial charge in [0.1, 0.15) is 0 Å². The van der Waals surface area contributed by atoms with Gasteiger partial charge in [0.25, 0.3) is 0 Å². The Morgan fingerprint density at radius 3 is 2.41 bits per heavy atom. The molecule has 0 atom stereocenters. The Kier molecular flexibility index (Phi) is 4.90. The van der Waals surface area contributed by atoms with Crippen molar-refractivity contribution in [2.75, 3.05) is 6.54 Å². The predicted molar refractivity (Wildman–Crippen MR) is 68.4 cm³/mol. The lowest BCUT2D eigenvalue weighted by Gasteiger charge is -2.03. The Morgan fingerprint density at radius 1 is 1.35 bits per heavy atom. The minimum absolute atomic E-state index is 0.0146. The largest absolute Gasteiger partial charge is 0.478 e. The van der Waals surface area contributed by atoms with Gasteiger partial charge in [-0.05, 0) is 23.8 Å². The molecule has 0 unspecified atom stereocenters. The molecular formula is C12H12BrNO3. The van der Waals surface area contributed by atoms with E-state index in [-0.39, 0.29) is 18.0 Å². The first-order valence-electron chi connectivity index (χ1n) is 4.93. The van der Waals surface area contributed by atoms with Crippen LogP contribution in [-0.2, 0) is 9.59 Å². The molecule has 0 fully saturated rings. The number of aliphatic carboxylic acids is 1. The minimum atomic E-state index is -1.04. The second-order valence-electron chi connectivity index (χ2n) is 3.44. The molecule has 90 valence electrons. The summed E-state index contributed by atoms with van der Waals surface area (Å²) < 4.78 is 0.924. The first kappa shape index (κ1) is 13.4. The van der Waals surface area contributed by atoms with Crippen LogP contribution in [0, 0.1) is 0 Å². The number of hydrogen-bond acceptors (Lipinski definition) is 2. The van der Waals surface area contributed by atoms with Crippen LogP contribution in [0.15, 0.2) is 34.3 Å². The summed E-state index contributed by atoms with van der Waals surface area (Å²) in [6.07, 6.45) is 1.53. The zero-order valence-corrected chi connectivity index (χ0v) is 10.8. The fraction of sp³-hybridized carbons (Fsp3) is 0.167. The average molecular weight is 298 g/mol. The van der Waals surface area contributed by atoms with Gasteiger partial charge in [-0.2, -0.15) is 0 Å². The number of carboxylic acid groups (broad SMARTS) is 1. The molecule has 0 aliphatic carbocycles. The number of halogens is 1. The maximum atomic E-state index is 11.0. The van der Waals surface area contributed by atoms with E-state index in [1.54, 1.807) is 12.1 Å². The molecule has 1 aromatic carbocycles. The van der Waals surface area contributed by atoms with E-state index < -0.39 is 5.97 Å². The van der Waals surface area contributed by atoms with Crippen molar-refractivity contribution in [3.8, 4) is 0 Å². The van der Waals surface area contributed by atoms with Gasteiger partial charge in [0.05, 0.1) is 5.57 Å². The van der Waals surface area contributed by atoms with Crippen molar-refractivity contribution in [2.24, 2.45) is 0 Å². The first-order valence-corrected chi connectivity index (χ1v) is 5.72. The minimum Gasteiger partial charge on any atom is -0.478 e. The van der Waals surface area contributed by atoms with Crippen LogP contribution in [0.3, 0.4) is 0 Å². The van der Waals surface area contributed by atoms with Gasteiger partial charge in [0.2, 0.25) is 5.91 Å². The summed E-state index contributed by atoms with van der Waals surface area (Å²) >= 11 is 3.30. The lowest BCUT2D eigenvalue weighted by Crippen LogP contribution is -2.25. The van der Waals surface area contributed by atoms with Crippen molar-refractivity contribution in [3.05, 3.63) is 39.9 Å². The van der Waals surface area contributed by atoms with Crippen LogP contribution in [0.1, 0.15) is 12.5 Å². The van der Waals surface area contributed by atoms with E-state index in [0.717, 1.165) is 10.0 Å². The molecule has 0 saturated heterocycles. The van der Waals surface area contributed by atoms with E-state index in [9.17, 15) is 9.59 Å². The molecular weight excluding hydrogens is 286 g/mol. The second-order valence-corrected chi connectivity index (χ2v) is 4.35. The molecule has 2 N–H and O–H groups in total. The van der Waals surface area contributed by atoms with Gasteiger partial charge in [-0.3, -0.25) is 4.79 Å². The summed E-state index contributed by atoms with van der Waals surface area (Å²) in [5.74, 6) is -1.30. The molecule has 5 heteroatoms. The monoisotopic (exact) mass is 297 g/mol. The van der Waals surface area contributed by atoms with E-state index in [1.165, 1.54) is 13.0 Å². The third-order valence-corrected chi connectivity index (χ3v) is 2.54. The topological polar surface area (TPSA) is 66.4 Å². The Bertz CT molecular complexity index is 451. The SMILES string of the molecule is CC(=O)NC/C(=C\c1ccc(Br)cc1)C(=O)O. The Hall–Kier alpha value is -1.62. The molecule has 1 amide bonds. The summed E-state index contributed by atoms with van der Waals surface area (Å²) in [4.78, 5) is 21.7. The quantitative estimate of drug-likeness (QED) is 0.836. The number of amides is 1. The van der Waals surface area contributed by atoms with Crippen molar-refractivity contribution >= 4 is 33.9 Å². The Labute approximate surface area is 107 Å². The molecule has 1 aromatic rings. The van der Waals surface area contributed by atoms with Gasteiger partial charge in [0.15, 0.2) is 0 Å². The average Bonchev–Trinajstić information content (AvgIpc) is 2.26. The van der Waals surface area contributed by atoms with Crippen molar-refractivity contribution in [1.82, 2.24) is 5.32 Å². The van der Waals surface area contributed by atoms with Gasteiger partial charge in [0, 0.05) is 17.9 Å². The number of benzene rings is 1. The summed E-state index contributed by atoms with van der Waals surface area (Å²) in [6.45, 7) is 1.36. The highest BCUT2D eigenvalue weighted by molar-refractivity contribution is 9.10. The maximum absolute atomic E-state index is 11.0. The molecule has 0 bridgehead atoms. The molecule has 0 spiro atoms. The van der Waals surface area contributed by atoms with Crippen LogP contribution in [0.5, 0.6) is 0 Å². The van der Waals surface area contributed by atoms with Crippen molar-refractivity contribution < 1.29 is 14.7 Å². The highest BCUT2D eigenvalue weighted by Crippen LogP contribution is 2.13. The van der Waals surface area contributed by atoms with Crippen LogP contribution < -0.4 is 5.32 Å². The highest BCUT2D eigenvalue weighted by atomic mass is 79.9. The standard InChI is InChI=1S/C12H12BrNO3/c1-8(15)14-7-10(12(16)17)6-9-2-4-11(13)5-3-9/h2-6H,7H2,1H3,(H,14,15)(H,16,17)/b10-6+. The molecule has 0 aliphatic heterocycles. The third kappa shape index (κ3) is 4.82. The van der Waals surface area contributed by atoms with Gasteiger partial charge >= 0.3 is 5.97 Å². The smallest absolute Gasteiger partial charge is 0.333 e. The second kappa shape index (κ2) is 6.20. The number of carbonyl (C=O) groups is 2. The van der Waals surface area contributed by atoms with Crippen LogP contribution in [0.25, 0.3) is 6.08 Å². The summed E-state index contributed by atoms with van der Waals surface area (Å²) in [7, 11) is 0. The van der Waals surface area contributed by atoms with E-state index in [2.05, 4.69) is 21.2 Å². The van der Waals surface area contributed by atoms with E-state index in [0.29, 0.717) is 0 Å². The number of carbonyl (C=O) groups excluding carboxylic acids is 1. The van der Waals surface area contributed by atoms with Gasteiger partial charge in [-0.1, -0.05) is 28.1 Å². The van der Waals surface area contributed by atoms with Crippen molar-refractivity contribution in [3.63, 3.8) is 0 Å². The fourth-order valence-corrected chi connectivity index (χ4v) is 1.43. The molecule has 0 heterocycles. The van der Waals surface area contributed by atoms with Crippen LogP contribution in [-0.4, -0.2) is 23.5 Å². The number of carboxylic acids is 1. The summed E-state index contributed by atoms with van der Waals surface area (Å²) in [5.41, 5.74) is 0.915. The van der Waals surface area contributed by atoms with E-state index in [4.69, 9.17) is 5.11 Å². The van der Waals surface area contributed by atoms with Crippen molar-refractivity contribution in [1.29, 1.82) is 0 Å². The lowest BCUT2D eigenvalue weighted by atomic mass is 10.1. The van der Waals surface area contributed by atoms with Crippen LogP contribution in [0.2, 0.25) is 0 Å². The zero-order valence-electron chi connectivity index (χ0n) is 9.24. The fourth-order valence-electron chi connectivity index (χ4n) is 1.17. The summed E-state index contributed by atoms with van der Waals surface area (Å²) in [6, 6.07) is 7.23. The molecule has 0 saturated carbocycles. The van der Waals surface area contributed by atoms with Crippen molar-refractivity contribution in [2.45, 2.75) is 6.92 Å². The molecule has 0 radical (unpaired) electrons. The Balaban J connectivity index is 2.86. The molecule has 17 heavy (non-hydrogen) atoms. The van der Waals surface area contributed by atoms with E-state index in [1.807, 2.05) is 12.1 Å². The van der Waals surface area contributed by atoms with Crippen LogP contribution >= 0.6 is 15.9 Å². The molecule has 0 aromatic heterocycles. The highest BCUT2D eigenvalue weighted by Gasteiger charge is 2.07. The molecule has 4 nitrogen and oxygen atoms in total. The molecule has 0 aliphatic rings. The van der Waals surface area contributed by atoms with Gasteiger partial charge in [-0.25, -0.2) is 4.79 Å². The Morgan fingerprint density at radius 2 is 1.94 bits per heavy atom. The predicted octanol–water partition coefficient (Wildman–Crippen LogP) is 2.05. The number of rotatable bonds is 4. The van der Waals surface area contributed by atoms with Crippen LogP contribution in [0.4, 0.5) is 0 Å². The van der Waals surface area contributed by atoms with E-state index >= 15 is 0 Å². The first-order chi connectivity index (χ1) is 7.99. The summed E-state index contributed by atoms with van der Waals surface area (Å²) in [5, 5.41) is 11.4. The molecule has 1 rings (SSSR count).